The van der Waals surface area contributed by atoms with Gasteiger partial charge in [-0.25, -0.2) is 0 Å². The molecule has 0 aliphatic carbocycles. The fourth-order valence-corrected chi connectivity index (χ4v) is 2.56. The molecule has 2 N–H and O–H groups in total. The van der Waals surface area contributed by atoms with Gasteiger partial charge in [0.1, 0.15) is 0 Å². The summed E-state index contributed by atoms with van der Waals surface area (Å²) in [6.07, 6.45) is 0. The third-order valence-corrected chi connectivity index (χ3v) is 4.20. The molecule has 0 aliphatic heterocycles. The van der Waals surface area contributed by atoms with Crippen molar-refractivity contribution in [2.24, 2.45) is 0 Å². The number of amides is 1. The maximum atomic E-state index is 12.4. The van der Waals surface area contributed by atoms with Gasteiger partial charge in [0, 0.05) is 17.7 Å². The highest BCUT2D eigenvalue weighted by molar-refractivity contribution is 7.99. The summed E-state index contributed by atoms with van der Waals surface area (Å²) in [4.78, 5) is 27.3. The Morgan fingerprint density at radius 2 is 2.00 bits per heavy atom. The van der Waals surface area contributed by atoms with Crippen molar-refractivity contribution in [1.29, 1.82) is 0 Å². The SMILES string of the molecule is CC(C)(C)c1noc(-c2ccccc2C(=O)NCCSCC(=O)O)n1. The molecule has 0 unspecified atom stereocenters. The van der Waals surface area contributed by atoms with Crippen LogP contribution in [0.15, 0.2) is 28.8 Å². The number of carbonyl (C=O) groups excluding carboxylic acids is 1. The Hall–Kier alpha value is -2.35. The van der Waals surface area contributed by atoms with Crippen molar-refractivity contribution in [2.45, 2.75) is 26.2 Å². The standard InChI is InChI=1S/C17H21N3O4S/c1-17(2,3)16-19-15(24-20-16)12-7-5-4-6-11(12)14(23)18-8-9-25-10-13(21)22/h4-7H,8-10H2,1-3H3,(H,18,23)(H,21,22). The Morgan fingerprint density at radius 1 is 1.28 bits per heavy atom. The molecule has 0 spiro atoms. The monoisotopic (exact) mass is 363 g/mol. The van der Waals surface area contributed by atoms with Crippen molar-refractivity contribution in [3.63, 3.8) is 0 Å². The van der Waals surface area contributed by atoms with Gasteiger partial charge in [0.15, 0.2) is 5.82 Å². The lowest BCUT2D eigenvalue weighted by Crippen LogP contribution is -2.26. The molecule has 0 atom stereocenters. The van der Waals surface area contributed by atoms with Crippen molar-refractivity contribution < 1.29 is 19.2 Å². The molecule has 2 rings (SSSR count). The average Bonchev–Trinajstić information content (AvgIpc) is 3.04. The minimum absolute atomic E-state index is 0.0179. The zero-order valence-corrected chi connectivity index (χ0v) is 15.2. The third kappa shape index (κ3) is 5.32. The van der Waals surface area contributed by atoms with Crippen LogP contribution < -0.4 is 5.32 Å². The van der Waals surface area contributed by atoms with E-state index in [9.17, 15) is 9.59 Å². The zero-order valence-electron chi connectivity index (χ0n) is 14.4. The number of carbonyl (C=O) groups is 2. The molecule has 1 heterocycles. The first-order chi connectivity index (χ1) is 11.8. The van der Waals surface area contributed by atoms with E-state index >= 15 is 0 Å². The summed E-state index contributed by atoms with van der Waals surface area (Å²) in [5.41, 5.74) is 0.761. The highest BCUT2D eigenvalue weighted by Crippen LogP contribution is 2.26. The van der Waals surface area contributed by atoms with Crippen LogP contribution in [0, 0.1) is 0 Å². The fourth-order valence-electron chi connectivity index (χ4n) is 2.00. The number of thioether (sulfide) groups is 1. The smallest absolute Gasteiger partial charge is 0.313 e. The zero-order chi connectivity index (χ0) is 18.4. The number of aliphatic carboxylic acids is 1. The van der Waals surface area contributed by atoms with Crippen molar-refractivity contribution in [2.75, 3.05) is 18.1 Å². The van der Waals surface area contributed by atoms with E-state index < -0.39 is 5.97 Å². The molecule has 1 aromatic carbocycles. The third-order valence-electron chi connectivity index (χ3n) is 3.26. The fraction of sp³-hybridized carbons (Fsp3) is 0.412. The van der Waals surface area contributed by atoms with Crippen molar-refractivity contribution in [1.82, 2.24) is 15.5 Å². The predicted molar refractivity (Wildman–Crippen MR) is 95.7 cm³/mol. The molecule has 1 amide bonds. The average molecular weight is 363 g/mol. The number of hydrogen-bond acceptors (Lipinski definition) is 6. The van der Waals surface area contributed by atoms with Gasteiger partial charge in [-0.1, -0.05) is 38.1 Å². The summed E-state index contributed by atoms with van der Waals surface area (Å²) in [5, 5.41) is 15.4. The number of nitrogens with zero attached hydrogens (tertiary/aromatic N) is 2. The number of benzene rings is 1. The van der Waals surface area contributed by atoms with Gasteiger partial charge in [0.2, 0.25) is 0 Å². The number of carboxylic acid groups (broad SMARTS) is 1. The molecule has 0 bridgehead atoms. The molecular formula is C17H21N3O4S. The first kappa shape index (κ1) is 19.0. The lowest BCUT2D eigenvalue weighted by molar-refractivity contribution is -0.133. The molecule has 2 aromatic rings. The maximum absolute atomic E-state index is 12.4. The minimum Gasteiger partial charge on any atom is -0.481 e. The molecule has 1 aromatic heterocycles. The van der Waals surface area contributed by atoms with Crippen LogP contribution >= 0.6 is 11.8 Å². The topological polar surface area (TPSA) is 105 Å². The summed E-state index contributed by atoms with van der Waals surface area (Å²) in [7, 11) is 0. The van der Waals surface area contributed by atoms with Crippen LogP contribution in [0.25, 0.3) is 11.5 Å². The van der Waals surface area contributed by atoms with Crippen LogP contribution in [0.2, 0.25) is 0 Å². The van der Waals surface area contributed by atoms with E-state index in [1.54, 1.807) is 24.3 Å². The summed E-state index contributed by atoms with van der Waals surface area (Å²) in [5.74, 6) is 0.285. The first-order valence-electron chi connectivity index (χ1n) is 7.80. The van der Waals surface area contributed by atoms with E-state index in [4.69, 9.17) is 9.63 Å². The number of nitrogens with one attached hydrogen (secondary N) is 1. The quantitative estimate of drug-likeness (QED) is 0.728. The molecule has 0 radical (unpaired) electrons. The van der Waals surface area contributed by atoms with Crippen molar-refractivity contribution >= 4 is 23.6 Å². The molecule has 0 aliphatic rings. The normalized spacial score (nSPS) is 11.3. The summed E-state index contributed by atoms with van der Waals surface area (Å²) >= 11 is 1.25. The largest absolute Gasteiger partial charge is 0.481 e. The lowest BCUT2D eigenvalue weighted by Gasteiger charge is -2.11. The van der Waals surface area contributed by atoms with Crippen LogP contribution in [0.5, 0.6) is 0 Å². The molecular weight excluding hydrogens is 342 g/mol. The van der Waals surface area contributed by atoms with Gasteiger partial charge in [-0.05, 0) is 12.1 Å². The molecule has 0 fully saturated rings. The Bertz CT molecular complexity index is 752. The minimum atomic E-state index is -0.868. The molecule has 0 saturated carbocycles. The van der Waals surface area contributed by atoms with Crippen LogP contribution in [0.3, 0.4) is 0 Å². The second-order valence-electron chi connectivity index (χ2n) is 6.42. The van der Waals surface area contributed by atoms with Gasteiger partial charge in [0.05, 0.1) is 16.9 Å². The van der Waals surface area contributed by atoms with Crippen molar-refractivity contribution in [3.8, 4) is 11.5 Å². The molecule has 8 heteroatoms. The first-order valence-corrected chi connectivity index (χ1v) is 8.96. The van der Waals surface area contributed by atoms with E-state index in [-0.39, 0.29) is 17.1 Å². The summed E-state index contributed by atoms with van der Waals surface area (Å²) < 4.78 is 5.33. The predicted octanol–water partition coefficient (Wildman–Crippen LogP) is 2.58. The highest BCUT2D eigenvalue weighted by Gasteiger charge is 2.23. The summed E-state index contributed by atoms with van der Waals surface area (Å²) in [6, 6.07) is 7.01. The number of hydrogen-bond donors (Lipinski definition) is 2. The van der Waals surface area contributed by atoms with Crippen LogP contribution in [0.4, 0.5) is 0 Å². The van der Waals surface area contributed by atoms with E-state index in [0.29, 0.717) is 35.1 Å². The second-order valence-corrected chi connectivity index (χ2v) is 7.53. The van der Waals surface area contributed by atoms with Gasteiger partial charge in [-0.15, -0.1) is 11.8 Å². The van der Waals surface area contributed by atoms with Gasteiger partial charge < -0.3 is 14.9 Å². The van der Waals surface area contributed by atoms with Crippen LogP contribution in [-0.2, 0) is 10.2 Å². The highest BCUT2D eigenvalue weighted by atomic mass is 32.2. The molecule has 25 heavy (non-hydrogen) atoms. The molecule has 0 saturated heterocycles. The van der Waals surface area contributed by atoms with Crippen LogP contribution in [0.1, 0.15) is 37.0 Å². The van der Waals surface area contributed by atoms with E-state index in [0.717, 1.165) is 0 Å². The Balaban J connectivity index is 2.08. The van der Waals surface area contributed by atoms with Crippen molar-refractivity contribution in [3.05, 3.63) is 35.7 Å². The Labute approximate surface area is 150 Å². The Kier molecular flexibility index (Phi) is 6.19. The Morgan fingerprint density at radius 3 is 2.64 bits per heavy atom. The maximum Gasteiger partial charge on any atom is 0.313 e. The molecule has 134 valence electrons. The van der Waals surface area contributed by atoms with Gasteiger partial charge in [0.25, 0.3) is 11.8 Å². The second kappa shape index (κ2) is 8.15. The van der Waals surface area contributed by atoms with E-state index in [1.165, 1.54) is 11.8 Å². The molecule has 7 nitrogen and oxygen atoms in total. The van der Waals surface area contributed by atoms with Gasteiger partial charge in [-0.2, -0.15) is 4.98 Å². The number of carboxylic acids is 1. The van der Waals surface area contributed by atoms with Gasteiger partial charge in [-0.3, -0.25) is 9.59 Å². The van der Waals surface area contributed by atoms with E-state index in [2.05, 4.69) is 15.5 Å². The lowest BCUT2D eigenvalue weighted by atomic mass is 9.96. The number of aromatic nitrogens is 2. The summed E-state index contributed by atoms with van der Waals surface area (Å²) in [6.45, 7) is 6.32. The van der Waals surface area contributed by atoms with Gasteiger partial charge >= 0.3 is 5.97 Å². The van der Waals surface area contributed by atoms with E-state index in [1.807, 2.05) is 20.8 Å². The van der Waals surface area contributed by atoms with Crippen LogP contribution in [-0.4, -0.2) is 45.2 Å². The number of rotatable bonds is 7.